The quantitative estimate of drug-likeness (QED) is 0.402. The van der Waals surface area contributed by atoms with Gasteiger partial charge in [-0.2, -0.15) is 0 Å². The van der Waals surface area contributed by atoms with Crippen LogP contribution in [0, 0.1) is 0 Å². The molecule has 6 nitrogen and oxygen atoms in total. The Bertz CT molecular complexity index is 1310. The summed E-state index contributed by atoms with van der Waals surface area (Å²) >= 11 is 7.95. The Labute approximate surface area is 202 Å². The maximum atomic E-state index is 12.2. The van der Waals surface area contributed by atoms with E-state index < -0.39 is 0 Å². The number of rotatable bonds is 6. The van der Waals surface area contributed by atoms with Gasteiger partial charge in [0.15, 0.2) is 0 Å². The third-order valence-corrected chi connectivity index (χ3v) is 7.84. The van der Waals surface area contributed by atoms with E-state index in [1.807, 2.05) is 24.3 Å². The molecule has 0 bridgehead atoms. The highest BCUT2D eigenvalue weighted by Gasteiger charge is 2.35. The third kappa shape index (κ3) is 4.46. The van der Waals surface area contributed by atoms with Crippen molar-refractivity contribution in [3.05, 3.63) is 64.3 Å². The van der Waals surface area contributed by atoms with Gasteiger partial charge in [0.05, 0.1) is 11.6 Å². The summed E-state index contributed by atoms with van der Waals surface area (Å²) < 4.78 is 1.21. The van der Waals surface area contributed by atoms with Crippen LogP contribution in [0.3, 0.4) is 0 Å². The summed E-state index contributed by atoms with van der Waals surface area (Å²) in [6, 6.07) is 14.4. The van der Waals surface area contributed by atoms with E-state index >= 15 is 0 Å². The Morgan fingerprint density at radius 1 is 1.12 bits per heavy atom. The first kappa shape index (κ1) is 22.2. The van der Waals surface area contributed by atoms with Gasteiger partial charge in [-0.05, 0) is 47.7 Å². The molecule has 0 radical (unpaired) electrons. The molecule has 0 aliphatic carbocycles. The Morgan fingerprint density at radius 2 is 1.97 bits per heavy atom. The summed E-state index contributed by atoms with van der Waals surface area (Å²) in [5.41, 5.74) is 7.92. The summed E-state index contributed by atoms with van der Waals surface area (Å²) in [5.74, 6) is 0.487. The number of fused-ring (bicyclic) bond motifs is 2. The SMILES string of the molecule is CC[C@H]1C(C=O)N(Cc2ccc3c(N)ncnc3c2)CCN1Cc1cc2ccc(Cl)cc2s1. The van der Waals surface area contributed by atoms with Gasteiger partial charge in [-0.25, -0.2) is 9.97 Å². The predicted molar refractivity (Wildman–Crippen MR) is 136 cm³/mol. The van der Waals surface area contributed by atoms with Crippen molar-refractivity contribution < 1.29 is 4.79 Å². The van der Waals surface area contributed by atoms with Gasteiger partial charge in [0.25, 0.3) is 0 Å². The monoisotopic (exact) mass is 479 g/mol. The van der Waals surface area contributed by atoms with Crippen LogP contribution in [0.1, 0.15) is 23.8 Å². The van der Waals surface area contributed by atoms with Crippen molar-refractivity contribution in [2.75, 3.05) is 18.8 Å². The van der Waals surface area contributed by atoms with Gasteiger partial charge in [0.1, 0.15) is 18.4 Å². The lowest BCUT2D eigenvalue weighted by molar-refractivity contribution is -0.118. The second kappa shape index (κ2) is 9.35. The number of carbonyl (C=O) groups is 1. The number of aromatic nitrogens is 2. The summed E-state index contributed by atoms with van der Waals surface area (Å²) in [7, 11) is 0. The number of benzene rings is 2. The number of anilines is 1. The molecular formula is C25H26ClN5OS. The fourth-order valence-corrected chi connectivity index (χ4v) is 6.25. The van der Waals surface area contributed by atoms with Gasteiger partial charge in [0.2, 0.25) is 0 Å². The van der Waals surface area contributed by atoms with Gasteiger partial charge in [-0.1, -0.05) is 30.7 Å². The Balaban J connectivity index is 1.34. The number of hydrogen-bond donors (Lipinski definition) is 1. The molecule has 2 aromatic carbocycles. The number of piperazine rings is 1. The third-order valence-electron chi connectivity index (χ3n) is 6.53. The van der Waals surface area contributed by atoms with E-state index in [9.17, 15) is 4.79 Å². The molecule has 5 rings (SSSR count). The van der Waals surface area contributed by atoms with E-state index in [4.69, 9.17) is 17.3 Å². The second-order valence-corrected chi connectivity index (χ2v) is 10.2. The number of hydrogen-bond acceptors (Lipinski definition) is 7. The largest absolute Gasteiger partial charge is 0.383 e. The Kier molecular flexibility index (Phi) is 6.29. The van der Waals surface area contributed by atoms with Gasteiger partial charge in [0, 0.05) is 52.2 Å². The topological polar surface area (TPSA) is 75.3 Å². The van der Waals surface area contributed by atoms with Gasteiger partial charge < -0.3 is 10.5 Å². The Hall–Kier alpha value is -2.58. The molecule has 0 amide bonds. The number of nitrogen functional groups attached to an aromatic ring is 1. The van der Waals surface area contributed by atoms with Crippen LogP contribution in [0.4, 0.5) is 5.82 Å². The molecule has 0 spiro atoms. The highest BCUT2D eigenvalue weighted by molar-refractivity contribution is 7.19. The first-order valence-electron chi connectivity index (χ1n) is 11.2. The van der Waals surface area contributed by atoms with E-state index in [1.165, 1.54) is 21.3 Å². The molecule has 2 aromatic heterocycles. The van der Waals surface area contributed by atoms with Crippen LogP contribution >= 0.6 is 22.9 Å². The van der Waals surface area contributed by atoms with Crippen LogP contribution < -0.4 is 5.73 Å². The number of aldehydes is 1. The highest BCUT2D eigenvalue weighted by Crippen LogP contribution is 2.31. The molecule has 33 heavy (non-hydrogen) atoms. The van der Waals surface area contributed by atoms with Gasteiger partial charge >= 0.3 is 0 Å². The van der Waals surface area contributed by atoms with Crippen molar-refractivity contribution in [1.82, 2.24) is 19.8 Å². The molecule has 1 unspecified atom stereocenters. The van der Waals surface area contributed by atoms with Crippen LogP contribution in [0.25, 0.3) is 21.0 Å². The maximum Gasteiger partial charge on any atom is 0.138 e. The molecule has 1 aliphatic rings. The minimum atomic E-state index is -0.154. The zero-order valence-electron chi connectivity index (χ0n) is 18.4. The summed E-state index contributed by atoms with van der Waals surface area (Å²) in [6.45, 7) is 5.47. The fourth-order valence-electron chi connectivity index (χ4n) is 4.88. The lowest BCUT2D eigenvalue weighted by Gasteiger charge is -2.45. The van der Waals surface area contributed by atoms with E-state index in [-0.39, 0.29) is 12.1 Å². The lowest BCUT2D eigenvalue weighted by Crippen LogP contribution is -2.59. The van der Waals surface area contributed by atoms with Crippen LogP contribution in [0.15, 0.2) is 48.8 Å². The number of thiophene rings is 1. The normalized spacial score (nSPS) is 19.9. The van der Waals surface area contributed by atoms with Crippen molar-refractivity contribution >= 4 is 56.0 Å². The van der Waals surface area contributed by atoms with Crippen molar-refractivity contribution in [2.24, 2.45) is 0 Å². The Morgan fingerprint density at radius 3 is 2.79 bits per heavy atom. The van der Waals surface area contributed by atoms with Crippen molar-refractivity contribution in [2.45, 2.75) is 38.5 Å². The molecule has 1 fully saturated rings. The lowest BCUT2D eigenvalue weighted by atomic mass is 9.98. The van der Waals surface area contributed by atoms with Crippen molar-refractivity contribution in [3.63, 3.8) is 0 Å². The molecule has 1 aliphatic heterocycles. The molecular weight excluding hydrogens is 454 g/mol. The first-order valence-corrected chi connectivity index (χ1v) is 12.4. The van der Waals surface area contributed by atoms with E-state index in [0.717, 1.165) is 53.8 Å². The molecule has 2 N–H and O–H groups in total. The fraction of sp³-hybridized carbons (Fsp3) is 0.320. The molecule has 0 saturated carbocycles. The summed E-state index contributed by atoms with van der Waals surface area (Å²) in [6.07, 6.45) is 3.52. The van der Waals surface area contributed by atoms with Crippen LogP contribution in [0.2, 0.25) is 5.02 Å². The minimum absolute atomic E-state index is 0.154. The molecule has 4 aromatic rings. The zero-order valence-corrected chi connectivity index (χ0v) is 20.0. The standard InChI is InChI=1S/C25H26ClN5OS/c1-2-22-23(14-32)30(12-16-3-6-20-21(9-16)28-15-29-25(20)27)7-8-31(22)13-19-10-17-4-5-18(26)11-24(17)33-19/h3-6,9-11,14-15,22-23H,2,7-8,12-13H2,1H3,(H2,27,28,29)/t22-,23?/m0/s1. The maximum absolute atomic E-state index is 12.2. The van der Waals surface area contributed by atoms with Crippen molar-refractivity contribution in [3.8, 4) is 0 Å². The number of nitrogens with zero attached hydrogens (tertiary/aromatic N) is 4. The summed E-state index contributed by atoms with van der Waals surface area (Å²) in [5, 5.41) is 2.84. The van der Waals surface area contributed by atoms with E-state index in [2.05, 4.69) is 44.9 Å². The molecule has 3 heterocycles. The average molecular weight is 480 g/mol. The second-order valence-electron chi connectivity index (χ2n) is 8.55. The van der Waals surface area contributed by atoms with Gasteiger partial charge in [-0.3, -0.25) is 9.80 Å². The highest BCUT2D eigenvalue weighted by atomic mass is 35.5. The van der Waals surface area contributed by atoms with Gasteiger partial charge in [-0.15, -0.1) is 11.3 Å². The zero-order chi connectivity index (χ0) is 22.9. The van der Waals surface area contributed by atoms with E-state index in [0.29, 0.717) is 12.4 Å². The molecule has 170 valence electrons. The number of halogens is 1. The van der Waals surface area contributed by atoms with E-state index in [1.54, 1.807) is 11.3 Å². The smallest absolute Gasteiger partial charge is 0.138 e. The average Bonchev–Trinajstić information content (AvgIpc) is 3.21. The summed E-state index contributed by atoms with van der Waals surface area (Å²) in [4.78, 5) is 26.7. The number of carbonyl (C=O) groups excluding carboxylic acids is 1. The molecule has 2 atom stereocenters. The van der Waals surface area contributed by atoms with Crippen LogP contribution in [-0.4, -0.2) is 51.2 Å². The molecule has 1 saturated heterocycles. The number of nitrogens with two attached hydrogens (primary N) is 1. The van der Waals surface area contributed by atoms with Crippen LogP contribution in [-0.2, 0) is 17.9 Å². The van der Waals surface area contributed by atoms with Crippen LogP contribution in [0.5, 0.6) is 0 Å². The predicted octanol–water partition coefficient (Wildman–Crippen LogP) is 4.74. The van der Waals surface area contributed by atoms with Crippen molar-refractivity contribution in [1.29, 1.82) is 0 Å². The minimum Gasteiger partial charge on any atom is -0.383 e. The molecule has 8 heteroatoms. The first-order chi connectivity index (χ1) is 16.1.